The molecule has 2 rings (SSSR count). The van der Waals surface area contributed by atoms with Crippen LogP contribution in [0.3, 0.4) is 0 Å². The lowest BCUT2D eigenvalue weighted by molar-refractivity contribution is -0.123. The Morgan fingerprint density at radius 3 is 2.00 bits per heavy atom. The van der Waals surface area contributed by atoms with Gasteiger partial charge in [-0.05, 0) is 61.9 Å². The molecule has 0 heterocycles. The first-order chi connectivity index (χ1) is 15.5. The second kappa shape index (κ2) is 13.7. The molecule has 172 valence electrons. The Balaban J connectivity index is 1.70. The first-order valence-corrected chi connectivity index (χ1v) is 10.8. The molecule has 2 N–H and O–H groups in total. The lowest BCUT2D eigenvalue weighted by Gasteiger charge is -2.10. The van der Waals surface area contributed by atoms with Crippen molar-refractivity contribution >= 4 is 17.8 Å². The molecule has 0 bridgehead atoms. The third-order valence-electron chi connectivity index (χ3n) is 4.43. The van der Waals surface area contributed by atoms with Gasteiger partial charge in [-0.2, -0.15) is 0 Å². The van der Waals surface area contributed by atoms with Crippen LogP contribution in [0.15, 0.2) is 48.5 Å². The van der Waals surface area contributed by atoms with Crippen molar-refractivity contribution in [2.45, 2.75) is 39.5 Å². The Morgan fingerprint density at radius 2 is 1.38 bits per heavy atom. The summed E-state index contributed by atoms with van der Waals surface area (Å²) in [5.41, 5.74) is 5.42. The van der Waals surface area contributed by atoms with Gasteiger partial charge in [0, 0.05) is 5.56 Å². The van der Waals surface area contributed by atoms with E-state index in [2.05, 4.69) is 17.8 Å². The quantitative estimate of drug-likeness (QED) is 0.295. The summed E-state index contributed by atoms with van der Waals surface area (Å²) in [6.07, 6.45) is 4.51. The van der Waals surface area contributed by atoms with Crippen LogP contribution in [0, 0.1) is 0 Å². The van der Waals surface area contributed by atoms with Crippen LogP contribution in [0.5, 0.6) is 11.5 Å². The van der Waals surface area contributed by atoms with Gasteiger partial charge < -0.3 is 14.2 Å². The van der Waals surface area contributed by atoms with Crippen LogP contribution in [0.1, 0.15) is 60.2 Å². The van der Waals surface area contributed by atoms with Crippen molar-refractivity contribution < 1.29 is 28.6 Å². The molecule has 0 saturated heterocycles. The normalized spacial score (nSPS) is 10.2. The molecule has 0 fully saturated rings. The maximum atomic E-state index is 12.2. The summed E-state index contributed by atoms with van der Waals surface area (Å²) >= 11 is 0. The van der Waals surface area contributed by atoms with E-state index in [1.54, 1.807) is 55.5 Å². The Bertz CT molecular complexity index is 865. The lowest BCUT2D eigenvalue weighted by Crippen LogP contribution is -2.43. The van der Waals surface area contributed by atoms with E-state index >= 15 is 0 Å². The van der Waals surface area contributed by atoms with Gasteiger partial charge in [0.2, 0.25) is 0 Å². The molecule has 8 nitrogen and oxygen atoms in total. The number of amides is 2. The zero-order valence-electron chi connectivity index (χ0n) is 18.5. The fourth-order valence-corrected chi connectivity index (χ4v) is 2.71. The molecule has 0 radical (unpaired) electrons. The van der Waals surface area contributed by atoms with Crippen molar-refractivity contribution in [1.82, 2.24) is 10.9 Å². The standard InChI is InChI=1S/C24H30N2O6/c1-3-5-6-7-16-31-20-12-8-18(9-13-20)23(28)26-25-22(27)17-32-21-14-10-19(11-15-21)24(29)30-4-2/h8-15H,3-7,16-17H2,1-2H3,(H,25,27)(H,26,28). The van der Waals surface area contributed by atoms with E-state index in [1.807, 2.05) is 0 Å². The highest BCUT2D eigenvalue weighted by Crippen LogP contribution is 2.14. The van der Waals surface area contributed by atoms with Gasteiger partial charge in [-0.25, -0.2) is 4.79 Å². The number of hydrogen-bond acceptors (Lipinski definition) is 6. The summed E-state index contributed by atoms with van der Waals surface area (Å²) in [6.45, 7) is 4.52. The third-order valence-corrected chi connectivity index (χ3v) is 4.43. The average Bonchev–Trinajstić information content (AvgIpc) is 2.82. The molecule has 2 aromatic rings. The predicted octanol–water partition coefficient (Wildman–Crippen LogP) is 3.66. The van der Waals surface area contributed by atoms with Crippen molar-refractivity contribution in [3.05, 3.63) is 59.7 Å². The van der Waals surface area contributed by atoms with E-state index in [0.29, 0.717) is 35.8 Å². The van der Waals surface area contributed by atoms with Crippen LogP contribution in [0.2, 0.25) is 0 Å². The minimum Gasteiger partial charge on any atom is -0.494 e. The summed E-state index contributed by atoms with van der Waals surface area (Å²) in [5, 5.41) is 0. The third kappa shape index (κ3) is 8.67. The van der Waals surface area contributed by atoms with Crippen LogP contribution in [-0.4, -0.2) is 37.6 Å². The molecule has 0 aliphatic carbocycles. The minimum absolute atomic E-state index is 0.292. The second-order valence-electron chi connectivity index (χ2n) is 6.97. The first kappa shape index (κ1) is 24.7. The number of nitrogens with one attached hydrogen (secondary N) is 2. The average molecular weight is 443 g/mol. The van der Waals surface area contributed by atoms with Gasteiger partial charge in [-0.3, -0.25) is 20.4 Å². The maximum Gasteiger partial charge on any atom is 0.338 e. The molecule has 8 heteroatoms. The van der Waals surface area contributed by atoms with Gasteiger partial charge in [0.1, 0.15) is 11.5 Å². The lowest BCUT2D eigenvalue weighted by atomic mass is 10.2. The van der Waals surface area contributed by atoms with Crippen LogP contribution in [0.25, 0.3) is 0 Å². The van der Waals surface area contributed by atoms with E-state index in [9.17, 15) is 14.4 Å². The summed E-state index contributed by atoms with van der Waals surface area (Å²) in [7, 11) is 0. The number of esters is 1. The second-order valence-corrected chi connectivity index (χ2v) is 6.97. The number of carbonyl (C=O) groups is 3. The number of ether oxygens (including phenoxy) is 3. The van der Waals surface area contributed by atoms with Gasteiger partial charge in [-0.15, -0.1) is 0 Å². The minimum atomic E-state index is -0.528. The smallest absolute Gasteiger partial charge is 0.338 e. The summed E-state index contributed by atoms with van der Waals surface area (Å²) < 4.78 is 15.9. The Labute approximate surface area is 188 Å². The van der Waals surface area contributed by atoms with Crippen LogP contribution in [-0.2, 0) is 9.53 Å². The number of rotatable bonds is 12. The van der Waals surface area contributed by atoms with Gasteiger partial charge in [0.25, 0.3) is 11.8 Å². The molecule has 32 heavy (non-hydrogen) atoms. The number of carbonyl (C=O) groups excluding carboxylic acids is 3. The molecule has 0 aliphatic heterocycles. The maximum absolute atomic E-state index is 12.2. The monoisotopic (exact) mass is 442 g/mol. The van der Waals surface area contributed by atoms with E-state index in [-0.39, 0.29) is 6.61 Å². The van der Waals surface area contributed by atoms with Crippen molar-refractivity contribution in [3.63, 3.8) is 0 Å². The van der Waals surface area contributed by atoms with E-state index in [1.165, 1.54) is 12.8 Å². The number of unbranched alkanes of at least 4 members (excludes halogenated alkanes) is 3. The van der Waals surface area contributed by atoms with Crippen LogP contribution >= 0.6 is 0 Å². The molecule has 2 amide bonds. The number of hydrogen-bond donors (Lipinski definition) is 2. The Kier molecular flexibility index (Phi) is 10.6. The first-order valence-electron chi connectivity index (χ1n) is 10.8. The van der Waals surface area contributed by atoms with Crippen LogP contribution < -0.4 is 20.3 Å². The molecular formula is C24H30N2O6. The fraction of sp³-hybridized carbons (Fsp3) is 0.375. The highest BCUT2D eigenvalue weighted by atomic mass is 16.5. The van der Waals surface area contributed by atoms with Crippen LogP contribution in [0.4, 0.5) is 0 Å². The van der Waals surface area contributed by atoms with E-state index in [4.69, 9.17) is 14.2 Å². The zero-order valence-corrected chi connectivity index (χ0v) is 18.5. The molecule has 0 spiro atoms. The van der Waals surface area contributed by atoms with Crippen molar-refractivity contribution in [2.75, 3.05) is 19.8 Å². The molecular weight excluding hydrogens is 412 g/mol. The molecule has 0 atom stereocenters. The number of benzene rings is 2. The number of hydrazine groups is 1. The Morgan fingerprint density at radius 1 is 0.750 bits per heavy atom. The van der Waals surface area contributed by atoms with E-state index in [0.717, 1.165) is 12.8 Å². The largest absolute Gasteiger partial charge is 0.494 e. The highest BCUT2D eigenvalue weighted by molar-refractivity contribution is 5.95. The molecule has 0 unspecified atom stereocenters. The molecule has 0 saturated carbocycles. The Hall–Kier alpha value is -3.55. The van der Waals surface area contributed by atoms with E-state index < -0.39 is 17.8 Å². The van der Waals surface area contributed by atoms with Crippen molar-refractivity contribution in [2.24, 2.45) is 0 Å². The summed E-state index contributed by atoms with van der Waals surface area (Å²) in [4.78, 5) is 35.7. The highest BCUT2D eigenvalue weighted by Gasteiger charge is 2.10. The van der Waals surface area contributed by atoms with Gasteiger partial charge in [0.05, 0.1) is 18.8 Å². The molecule has 2 aromatic carbocycles. The van der Waals surface area contributed by atoms with Crippen molar-refractivity contribution in [3.8, 4) is 11.5 Å². The molecule has 0 aromatic heterocycles. The van der Waals surface area contributed by atoms with Crippen molar-refractivity contribution in [1.29, 1.82) is 0 Å². The van der Waals surface area contributed by atoms with Gasteiger partial charge in [-0.1, -0.05) is 26.2 Å². The summed E-state index contributed by atoms with van der Waals surface area (Å²) in [6, 6.07) is 12.9. The fourth-order valence-electron chi connectivity index (χ4n) is 2.71. The van der Waals surface area contributed by atoms with Gasteiger partial charge >= 0.3 is 5.97 Å². The predicted molar refractivity (Wildman–Crippen MR) is 120 cm³/mol. The SMILES string of the molecule is CCCCCCOc1ccc(C(=O)NNC(=O)COc2ccc(C(=O)OCC)cc2)cc1. The topological polar surface area (TPSA) is 103 Å². The molecule has 0 aliphatic rings. The zero-order chi connectivity index (χ0) is 23.2. The van der Waals surface area contributed by atoms with Gasteiger partial charge in [0.15, 0.2) is 6.61 Å². The summed E-state index contributed by atoms with van der Waals surface area (Å²) in [5.74, 6) is -0.299.